The van der Waals surface area contributed by atoms with Crippen LogP contribution < -0.4 is 4.90 Å². The maximum Gasteiger partial charge on any atom is 0.247 e. The minimum atomic E-state index is -0.265. The Morgan fingerprint density at radius 3 is 2.62 bits per heavy atom. The molecule has 5 rings (SSSR count). The normalized spacial score (nSPS) is 30.7. The molecule has 0 unspecified atom stereocenters. The summed E-state index contributed by atoms with van der Waals surface area (Å²) in [5.74, 6) is 0.766. The number of rotatable bonds is 2. The zero-order chi connectivity index (χ0) is 17.9. The van der Waals surface area contributed by atoms with E-state index in [1.54, 1.807) is 0 Å². The van der Waals surface area contributed by atoms with Gasteiger partial charge in [0.1, 0.15) is 5.54 Å². The molecule has 26 heavy (non-hydrogen) atoms. The van der Waals surface area contributed by atoms with E-state index in [-0.39, 0.29) is 5.54 Å². The van der Waals surface area contributed by atoms with Gasteiger partial charge in [-0.05, 0) is 68.5 Å². The van der Waals surface area contributed by atoms with Crippen LogP contribution in [-0.4, -0.2) is 29.4 Å². The molecule has 3 atom stereocenters. The summed E-state index contributed by atoms with van der Waals surface area (Å²) < 4.78 is 0. The van der Waals surface area contributed by atoms with Gasteiger partial charge in [-0.1, -0.05) is 36.4 Å². The van der Waals surface area contributed by atoms with Crippen LogP contribution in [0.15, 0.2) is 48.5 Å². The molecule has 0 N–H and O–H groups in total. The average Bonchev–Trinajstić information content (AvgIpc) is 3.28. The van der Waals surface area contributed by atoms with E-state index in [0.717, 1.165) is 38.0 Å². The highest BCUT2D eigenvalue weighted by Gasteiger charge is 2.65. The Morgan fingerprint density at radius 2 is 1.85 bits per heavy atom. The summed E-state index contributed by atoms with van der Waals surface area (Å²) in [4.78, 5) is 18.2. The van der Waals surface area contributed by atoms with E-state index in [9.17, 15) is 4.79 Å². The first-order valence-corrected chi connectivity index (χ1v) is 9.82. The van der Waals surface area contributed by atoms with Gasteiger partial charge in [0.15, 0.2) is 0 Å². The molecule has 3 nitrogen and oxygen atoms in total. The lowest BCUT2D eigenvalue weighted by Gasteiger charge is -2.33. The van der Waals surface area contributed by atoms with Crippen LogP contribution in [0.3, 0.4) is 0 Å². The fourth-order valence-electron chi connectivity index (χ4n) is 5.61. The third kappa shape index (κ3) is 2.07. The smallest absolute Gasteiger partial charge is 0.247 e. The van der Waals surface area contributed by atoms with Gasteiger partial charge in [-0.3, -0.25) is 9.69 Å². The Morgan fingerprint density at radius 1 is 1.04 bits per heavy atom. The molecular formula is C23H26N2O. The number of aryl methyl sites for hydroxylation is 2. The van der Waals surface area contributed by atoms with Crippen molar-refractivity contribution < 1.29 is 4.79 Å². The third-order valence-electron chi connectivity index (χ3n) is 7.03. The molecule has 0 saturated carbocycles. The molecule has 3 fully saturated rings. The Bertz CT molecular complexity index is 862. The van der Waals surface area contributed by atoms with Crippen LogP contribution >= 0.6 is 0 Å². The summed E-state index contributed by atoms with van der Waals surface area (Å²) in [5, 5.41) is 0. The highest BCUT2D eigenvalue weighted by molar-refractivity contribution is 6.03. The van der Waals surface area contributed by atoms with Crippen LogP contribution in [0.4, 0.5) is 5.69 Å². The topological polar surface area (TPSA) is 23.6 Å². The van der Waals surface area contributed by atoms with Crippen molar-refractivity contribution >= 4 is 11.6 Å². The van der Waals surface area contributed by atoms with E-state index in [0.29, 0.717) is 17.9 Å². The monoisotopic (exact) mass is 346 g/mol. The molecule has 1 spiro atoms. The van der Waals surface area contributed by atoms with E-state index >= 15 is 0 Å². The molecule has 3 heteroatoms. The average molecular weight is 346 g/mol. The van der Waals surface area contributed by atoms with Crippen molar-refractivity contribution in [2.45, 2.75) is 44.7 Å². The molecule has 3 aliphatic rings. The Kier molecular flexibility index (Phi) is 3.51. The number of para-hydroxylation sites is 1. The predicted octanol–water partition coefficient (Wildman–Crippen LogP) is 4.25. The highest BCUT2D eigenvalue weighted by Crippen LogP contribution is 2.56. The zero-order valence-electron chi connectivity index (χ0n) is 15.6. The van der Waals surface area contributed by atoms with Crippen LogP contribution in [0.25, 0.3) is 0 Å². The Balaban J connectivity index is 1.51. The molecule has 1 amide bonds. The van der Waals surface area contributed by atoms with Crippen LogP contribution in [0.2, 0.25) is 0 Å². The van der Waals surface area contributed by atoms with Gasteiger partial charge in [0.05, 0.1) is 0 Å². The van der Waals surface area contributed by atoms with Gasteiger partial charge in [0.25, 0.3) is 0 Å². The van der Waals surface area contributed by atoms with Crippen LogP contribution in [0.5, 0.6) is 0 Å². The molecular weight excluding hydrogens is 320 g/mol. The van der Waals surface area contributed by atoms with E-state index in [4.69, 9.17) is 0 Å². The van der Waals surface area contributed by atoms with Gasteiger partial charge in [0, 0.05) is 24.2 Å². The molecule has 0 radical (unpaired) electrons. The number of carbonyl (C=O) groups is 1. The first kappa shape index (κ1) is 16.1. The fourth-order valence-corrected chi connectivity index (χ4v) is 5.61. The summed E-state index contributed by atoms with van der Waals surface area (Å²) in [7, 11) is 0. The van der Waals surface area contributed by atoms with E-state index < -0.39 is 0 Å². The maximum absolute atomic E-state index is 13.6. The lowest BCUT2D eigenvalue weighted by atomic mass is 9.85. The number of amides is 1. The quantitative estimate of drug-likeness (QED) is 0.812. The van der Waals surface area contributed by atoms with E-state index in [1.807, 2.05) is 23.1 Å². The van der Waals surface area contributed by atoms with Crippen molar-refractivity contribution in [2.24, 2.45) is 5.92 Å². The van der Waals surface area contributed by atoms with Gasteiger partial charge < -0.3 is 4.90 Å². The first-order valence-electron chi connectivity index (χ1n) is 9.82. The van der Waals surface area contributed by atoms with Gasteiger partial charge in [-0.15, -0.1) is 0 Å². The minimum absolute atomic E-state index is 0.265. The molecule has 0 aromatic heterocycles. The third-order valence-corrected chi connectivity index (χ3v) is 7.03. The van der Waals surface area contributed by atoms with Crippen LogP contribution in [0.1, 0.15) is 42.0 Å². The van der Waals surface area contributed by atoms with Crippen molar-refractivity contribution in [1.82, 2.24) is 4.90 Å². The molecule has 3 aliphatic heterocycles. The molecule has 2 aromatic carbocycles. The lowest BCUT2D eigenvalue weighted by molar-refractivity contribution is -0.126. The number of hydrogen-bond donors (Lipinski definition) is 0. The summed E-state index contributed by atoms with van der Waals surface area (Å²) in [5.41, 5.74) is 4.87. The molecule has 134 valence electrons. The lowest BCUT2D eigenvalue weighted by Crippen LogP contribution is -2.49. The van der Waals surface area contributed by atoms with Crippen molar-refractivity contribution in [2.75, 3.05) is 18.0 Å². The predicted molar refractivity (Wildman–Crippen MR) is 104 cm³/mol. The summed E-state index contributed by atoms with van der Waals surface area (Å²) in [6.07, 6.45) is 3.24. The minimum Gasteiger partial charge on any atom is -0.310 e. The first-order chi connectivity index (χ1) is 12.6. The standard InChI is InChI=1S/C23H26N2O/c1-16-9-10-18(13-17(16)2)21-14-19-15-24(20-7-4-3-5-8-20)22(26)23(19)11-6-12-25(21)23/h3-5,7-10,13,19,21H,6,11-12,14-15H2,1-2H3/t19-,21-,23-/m0/s1. The molecule has 2 aromatic rings. The second-order valence-electron chi connectivity index (χ2n) is 8.26. The Hall–Kier alpha value is -2.13. The van der Waals surface area contributed by atoms with Gasteiger partial charge in [-0.25, -0.2) is 0 Å². The van der Waals surface area contributed by atoms with Crippen molar-refractivity contribution in [3.8, 4) is 0 Å². The molecule has 0 bridgehead atoms. The number of carbonyl (C=O) groups excluding carboxylic acids is 1. The van der Waals surface area contributed by atoms with Gasteiger partial charge in [0.2, 0.25) is 5.91 Å². The fraction of sp³-hybridized carbons (Fsp3) is 0.435. The van der Waals surface area contributed by atoms with Crippen LogP contribution in [-0.2, 0) is 4.79 Å². The summed E-state index contributed by atoms with van der Waals surface area (Å²) in [6.45, 7) is 6.26. The number of nitrogens with zero attached hydrogens (tertiary/aromatic N) is 2. The van der Waals surface area contributed by atoms with Gasteiger partial charge in [-0.2, -0.15) is 0 Å². The molecule has 3 saturated heterocycles. The second kappa shape index (κ2) is 5.68. The Labute approximate surface area is 155 Å². The summed E-state index contributed by atoms with van der Waals surface area (Å²) in [6, 6.07) is 17.4. The van der Waals surface area contributed by atoms with Gasteiger partial charge >= 0.3 is 0 Å². The largest absolute Gasteiger partial charge is 0.310 e. The SMILES string of the molecule is Cc1ccc([C@@H]2C[C@H]3CN(c4ccccc4)C(=O)[C@]34CCCN24)cc1C. The van der Waals surface area contributed by atoms with E-state index in [1.165, 1.54) is 16.7 Å². The highest BCUT2D eigenvalue weighted by atomic mass is 16.2. The second-order valence-corrected chi connectivity index (χ2v) is 8.26. The number of hydrogen-bond acceptors (Lipinski definition) is 2. The number of anilines is 1. The summed E-state index contributed by atoms with van der Waals surface area (Å²) >= 11 is 0. The molecule has 3 heterocycles. The van der Waals surface area contributed by atoms with Crippen molar-refractivity contribution in [3.05, 3.63) is 65.2 Å². The maximum atomic E-state index is 13.6. The van der Waals surface area contributed by atoms with E-state index in [2.05, 4.69) is 49.1 Å². The van der Waals surface area contributed by atoms with Crippen molar-refractivity contribution in [3.63, 3.8) is 0 Å². The van der Waals surface area contributed by atoms with Crippen LogP contribution in [0, 0.1) is 19.8 Å². The molecule has 0 aliphatic carbocycles. The van der Waals surface area contributed by atoms with Crippen molar-refractivity contribution in [1.29, 1.82) is 0 Å². The zero-order valence-corrected chi connectivity index (χ0v) is 15.6. The number of benzene rings is 2.